The van der Waals surface area contributed by atoms with E-state index in [0.717, 1.165) is 27.2 Å². The summed E-state index contributed by atoms with van der Waals surface area (Å²) in [5.74, 6) is 0. The monoisotopic (exact) mass is 502 g/mol. The van der Waals surface area contributed by atoms with Gasteiger partial charge in [-0.05, 0) is 97.9 Å². The van der Waals surface area contributed by atoms with Gasteiger partial charge in [0.1, 0.15) is 6.04 Å². The number of hydrogen-bond acceptors (Lipinski definition) is 2. The fourth-order valence-corrected chi connectivity index (χ4v) is 5.11. The molecule has 5 rings (SSSR count). The van der Waals surface area contributed by atoms with Gasteiger partial charge >= 0.3 is 0 Å². The van der Waals surface area contributed by atoms with E-state index in [1.165, 1.54) is 11.1 Å². The highest BCUT2D eigenvalue weighted by Gasteiger charge is 2.42. The third kappa shape index (κ3) is 3.85. The van der Waals surface area contributed by atoms with Crippen molar-refractivity contribution in [2.45, 2.75) is 25.9 Å². The Bertz CT molecular complexity index is 1250. The summed E-state index contributed by atoms with van der Waals surface area (Å²) in [4.78, 5) is 6.90. The van der Waals surface area contributed by atoms with Gasteiger partial charge in [0.05, 0.1) is 11.7 Å². The molecule has 0 radical (unpaired) electrons. The average molecular weight is 503 g/mol. The number of halogens is 1. The number of hydrogen-bond donors (Lipinski definition) is 1. The van der Waals surface area contributed by atoms with Gasteiger partial charge in [-0.15, -0.1) is 0 Å². The van der Waals surface area contributed by atoms with E-state index in [2.05, 4.69) is 116 Å². The average Bonchev–Trinajstić information content (AvgIpc) is 3.38. The molecule has 0 saturated carbocycles. The molecule has 4 aromatic rings. The van der Waals surface area contributed by atoms with E-state index in [9.17, 15) is 0 Å². The molecule has 1 N–H and O–H groups in total. The fourth-order valence-electron chi connectivity index (χ4n) is 4.50. The lowest BCUT2D eigenvalue weighted by Gasteiger charge is -2.29. The zero-order valence-electron chi connectivity index (χ0n) is 17.9. The Morgan fingerprint density at radius 2 is 1.66 bits per heavy atom. The minimum atomic E-state index is -0.0754. The van der Waals surface area contributed by atoms with Crippen molar-refractivity contribution in [3.05, 3.63) is 112 Å². The van der Waals surface area contributed by atoms with Crippen LogP contribution in [0.3, 0.4) is 0 Å². The van der Waals surface area contributed by atoms with E-state index in [1.54, 1.807) is 0 Å². The highest BCUT2D eigenvalue weighted by atomic mass is 79.9. The number of thiocarbonyl (C=S) groups is 1. The minimum Gasteiger partial charge on any atom is -0.351 e. The Kier molecular flexibility index (Phi) is 5.57. The summed E-state index contributed by atoms with van der Waals surface area (Å²) in [5, 5.41) is 4.27. The van der Waals surface area contributed by atoms with Crippen LogP contribution in [0, 0.1) is 13.8 Å². The van der Waals surface area contributed by atoms with Gasteiger partial charge in [0.15, 0.2) is 5.11 Å². The van der Waals surface area contributed by atoms with Crippen molar-refractivity contribution in [1.29, 1.82) is 0 Å². The smallest absolute Gasteiger partial charge is 0.174 e. The van der Waals surface area contributed by atoms with Gasteiger partial charge < -0.3 is 14.8 Å². The molecule has 0 unspecified atom stereocenters. The molecule has 2 aromatic heterocycles. The summed E-state index contributed by atoms with van der Waals surface area (Å²) in [6.45, 7) is 4.25. The highest BCUT2D eigenvalue weighted by molar-refractivity contribution is 9.10. The van der Waals surface area contributed by atoms with Crippen LogP contribution in [0.25, 0.3) is 5.69 Å². The number of nitrogens with one attached hydrogen (secondary N) is 1. The zero-order valence-corrected chi connectivity index (χ0v) is 20.3. The highest BCUT2D eigenvalue weighted by Crippen LogP contribution is 2.42. The Labute approximate surface area is 202 Å². The maximum atomic E-state index is 5.89. The largest absolute Gasteiger partial charge is 0.351 e. The SMILES string of the molecule is Cc1cc(C)cc(N2C(=S)N[C@H](c3ccccn3)[C@@H]2c2cccn2-c2ccc(Br)cc2)c1. The maximum absolute atomic E-state index is 5.89. The molecule has 32 heavy (non-hydrogen) atoms. The molecule has 2 aromatic carbocycles. The lowest BCUT2D eigenvalue weighted by molar-refractivity contribution is 0.549. The number of aryl methyl sites for hydroxylation is 2. The van der Waals surface area contributed by atoms with Crippen LogP contribution in [0.15, 0.2) is 89.7 Å². The van der Waals surface area contributed by atoms with Gasteiger partial charge in [-0.25, -0.2) is 0 Å². The number of rotatable bonds is 4. The van der Waals surface area contributed by atoms with E-state index < -0.39 is 0 Å². The second kappa shape index (κ2) is 8.52. The van der Waals surface area contributed by atoms with Crippen molar-refractivity contribution < 1.29 is 0 Å². The normalized spacial score (nSPS) is 18.1. The van der Waals surface area contributed by atoms with Gasteiger partial charge in [0, 0.05) is 33.9 Å². The van der Waals surface area contributed by atoms with Crippen LogP contribution in [0.1, 0.15) is 34.6 Å². The molecule has 1 aliphatic heterocycles. The van der Waals surface area contributed by atoms with Crippen LogP contribution in [0.4, 0.5) is 5.69 Å². The van der Waals surface area contributed by atoms with Crippen molar-refractivity contribution in [2.75, 3.05) is 4.90 Å². The fraction of sp³-hybridized carbons (Fsp3) is 0.154. The summed E-state index contributed by atoms with van der Waals surface area (Å²) < 4.78 is 3.29. The van der Waals surface area contributed by atoms with Crippen LogP contribution in [0.2, 0.25) is 0 Å². The number of aromatic nitrogens is 2. The van der Waals surface area contributed by atoms with Crippen LogP contribution >= 0.6 is 28.1 Å². The van der Waals surface area contributed by atoms with E-state index in [0.29, 0.717) is 5.11 Å². The molecule has 1 fully saturated rings. The summed E-state index contributed by atoms with van der Waals surface area (Å²) in [6.07, 6.45) is 3.94. The molecule has 3 heterocycles. The molecule has 0 amide bonds. The molecule has 0 bridgehead atoms. The first-order valence-electron chi connectivity index (χ1n) is 10.5. The topological polar surface area (TPSA) is 33.1 Å². The quantitative estimate of drug-likeness (QED) is 0.326. The molecular weight excluding hydrogens is 480 g/mol. The van der Waals surface area contributed by atoms with E-state index >= 15 is 0 Å². The van der Waals surface area contributed by atoms with Crippen molar-refractivity contribution in [1.82, 2.24) is 14.9 Å². The second-order valence-electron chi connectivity index (χ2n) is 8.12. The zero-order chi connectivity index (χ0) is 22.2. The van der Waals surface area contributed by atoms with E-state index in [1.807, 2.05) is 18.3 Å². The molecule has 4 nitrogen and oxygen atoms in total. The molecule has 1 saturated heterocycles. The molecule has 6 heteroatoms. The third-order valence-electron chi connectivity index (χ3n) is 5.77. The first-order valence-corrected chi connectivity index (χ1v) is 11.7. The van der Waals surface area contributed by atoms with Crippen LogP contribution in [-0.2, 0) is 0 Å². The van der Waals surface area contributed by atoms with Gasteiger partial charge in [-0.3, -0.25) is 4.98 Å². The number of pyridine rings is 1. The van der Waals surface area contributed by atoms with Crippen LogP contribution < -0.4 is 10.2 Å². The molecule has 0 spiro atoms. The predicted octanol–water partition coefficient (Wildman–Crippen LogP) is 6.43. The second-order valence-corrected chi connectivity index (χ2v) is 9.42. The molecule has 1 aliphatic rings. The summed E-state index contributed by atoms with van der Waals surface area (Å²) in [5.41, 5.74) is 6.74. The summed E-state index contributed by atoms with van der Waals surface area (Å²) in [7, 11) is 0. The van der Waals surface area contributed by atoms with Crippen molar-refractivity contribution >= 4 is 38.9 Å². The Morgan fingerprint density at radius 1 is 0.906 bits per heavy atom. The van der Waals surface area contributed by atoms with Gasteiger partial charge in [0.2, 0.25) is 0 Å². The first kappa shape index (κ1) is 20.9. The molecule has 2 atom stereocenters. The lowest BCUT2D eigenvalue weighted by Crippen LogP contribution is -2.30. The van der Waals surface area contributed by atoms with Crippen LogP contribution in [0.5, 0.6) is 0 Å². The standard InChI is InChI=1S/C26H23BrN4S/c1-17-14-18(2)16-21(15-17)31-25(24(29-26(31)32)22-6-3-4-12-28-22)23-7-5-13-30(23)20-10-8-19(27)9-11-20/h3-16,24-25H,1-2H3,(H,29,32)/t24-,25+/m1/s1. The van der Waals surface area contributed by atoms with E-state index in [4.69, 9.17) is 12.2 Å². The van der Waals surface area contributed by atoms with Crippen LogP contribution in [-0.4, -0.2) is 14.7 Å². The Morgan fingerprint density at radius 3 is 2.34 bits per heavy atom. The molecule has 160 valence electrons. The minimum absolute atomic E-state index is 0.0581. The molecular formula is C26H23BrN4S. The van der Waals surface area contributed by atoms with Gasteiger partial charge in [-0.1, -0.05) is 28.1 Å². The Balaban J connectivity index is 1.68. The van der Waals surface area contributed by atoms with Gasteiger partial charge in [0.25, 0.3) is 0 Å². The van der Waals surface area contributed by atoms with Crippen molar-refractivity contribution in [2.24, 2.45) is 0 Å². The van der Waals surface area contributed by atoms with E-state index in [-0.39, 0.29) is 12.1 Å². The molecule has 0 aliphatic carbocycles. The third-order valence-corrected chi connectivity index (χ3v) is 6.61. The lowest BCUT2D eigenvalue weighted by atomic mass is 10.00. The predicted molar refractivity (Wildman–Crippen MR) is 137 cm³/mol. The van der Waals surface area contributed by atoms with Crippen molar-refractivity contribution in [3.8, 4) is 5.69 Å². The number of benzene rings is 2. The van der Waals surface area contributed by atoms with Gasteiger partial charge in [-0.2, -0.15) is 0 Å². The summed E-state index contributed by atoms with van der Waals surface area (Å²) in [6, 6.07) is 25.1. The summed E-state index contributed by atoms with van der Waals surface area (Å²) >= 11 is 9.43. The number of anilines is 1. The first-order chi connectivity index (χ1) is 15.5. The number of nitrogens with zero attached hydrogens (tertiary/aromatic N) is 3. The maximum Gasteiger partial charge on any atom is 0.174 e. The Hall–Kier alpha value is -2.96. The van der Waals surface area contributed by atoms with Crippen molar-refractivity contribution in [3.63, 3.8) is 0 Å².